The van der Waals surface area contributed by atoms with E-state index >= 15 is 0 Å². The van der Waals surface area contributed by atoms with Crippen LogP contribution in [0.15, 0.2) is 44.7 Å². The van der Waals surface area contributed by atoms with Gasteiger partial charge in [-0.25, -0.2) is 4.98 Å². The summed E-state index contributed by atoms with van der Waals surface area (Å²) < 4.78 is 14.8. The van der Waals surface area contributed by atoms with Crippen LogP contribution in [0.2, 0.25) is 0 Å². The minimum absolute atomic E-state index is 0.0276. The smallest absolute Gasteiger partial charge is 0.282 e. The number of benzene rings is 2. The summed E-state index contributed by atoms with van der Waals surface area (Å²) >= 11 is 5.68. The summed E-state index contributed by atoms with van der Waals surface area (Å²) in [6, 6.07) is 9.35. The Kier molecular flexibility index (Phi) is 8.21. The maximum atomic E-state index is 13.3. The number of hydrogen-bond donors (Lipinski definition) is 0. The van der Waals surface area contributed by atoms with Crippen molar-refractivity contribution in [3.05, 3.63) is 60.1 Å². The molecule has 1 heterocycles. The maximum absolute atomic E-state index is 13.3. The summed E-state index contributed by atoms with van der Waals surface area (Å²) in [7, 11) is 1.62. The van der Waals surface area contributed by atoms with Crippen molar-refractivity contribution in [2.24, 2.45) is 10.5 Å². The van der Waals surface area contributed by atoms with Crippen LogP contribution in [0.4, 0.5) is 0 Å². The van der Waals surface area contributed by atoms with Crippen molar-refractivity contribution in [2.75, 3.05) is 13.7 Å². The van der Waals surface area contributed by atoms with Crippen LogP contribution >= 0.6 is 38.5 Å². The number of ether oxygens (including phenoxy) is 2. The zero-order valence-electron chi connectivity index (χ0n) is 19.8. The highest BCUT2D eigenvalue weighted by atomic mass is 127. The molecule has 33 heavy (non-hydrogen) atoms. The van der Waals surface area contributed by atoms with E-state index in [4.69, 9.17) is 14.5 Å². The van der Waals surface area contributed by atoms with Crippen LogP contribution in [0.5, 0.6) is 11.5 Å². The van der Waals surface area contributed by atoms with E-state index in [1.165, 1.54) is 4.68 Å². The molecule has 0 saturated carbocycles. The normalized spacial score (nSPS) is 13.0. The summed E-state index contributed by atoms with van der Waals surface area (Å²) in [5.74, 6) is 2.05. The zero-order chi connectivity index (χ0) is 24.3. The van der Waals surface area contributed by atoms with Crippen molar-refractivity contribution in [3.63, 3.8) is 0 Å². The number of methoxy groups -OCH3 is 1. The molecule has 1 atom stereocenters. The Morgan fingerprint density at radius 3 is 2.64 bits per heavy atom. The molecule has 6 nitrogen and oxygen atoms in total. The van der Waals surface area contributed by atoms with E-state index in [-0.39, 0.29) is 16.9 Å². The van der Waals surface area contributed by atoms with Gasteiger partial charge in [0, 0.05) is 10.4 Å². The lowest BCUT2D eigenvalue weighted by Crippen LogP contribution is -2.23. The average Bonchev–Trinajstić information content (AvgIpc) is 2.76. The van der Waals surface area contributed by atoms with Crippen LogP contribution in [-0.2, 0) is 0 Å². The van der Waals surface area contributed by atoms with E-state index in [1.807, 2.05) is 31.2 Å². The molecule has 0 aliphatic rings. The first-order valence-electron chi connectivity index (χ1n) is 10.8. The molecule has 0 aliphatic carbocycles. The molecule has 0 aliphatic heterocycles. The van der Waals surface area contributed by atoms with Gasteiger partial charge in [0.25, 0.3) is 5.56 Å². The number of hydrogen-bond acceptors (Lipinski definition) is 5. The number of halogens is 2. The van der Waals surface area contributed by atoms with E-state index in [2.05, 4.69) is 71.3 Å². The minimum atomic E-state index is -0.195. The van der Waals surface area contributed by atoms with Gasteiger partial charge in [0.05, 0.1) is 34.4 Å². The quantitative estimate of drug-likeness (QED) is 0.219. The SMILES string of the molecule is CC[C@H](C)c1nc2ccc(Br)cc2c(=O)n1N=Cc1cc(I)c(OCC(C)(C)C)c(OC)c1. The second-order valence-corrected chi connectivity index (χ2v) is 11.3. The fourth-order valence-electron chi connectivity index (χ4n) is 3.15. The first-order chi connectivity index (χ1) is 15.5. The van der Waals surface area contributed by atoms with Gasteiger partial charge in [-0.3, -0.25) is 4.79 Å². The Balaban J connectivity index is 2.07. The van der Waals surface area contributed by atoms with Crippen LogP contribution in [0.25, 0.3) is 10.9 Å². The molecule has 2 aromatic carbocycles. The van der Waals surface area contributed by atoms with E-state index in [1.54, 1.807) is 19.4 Å². The summed E-state index contributed by atoms with van der Waals surface area (Å²) in [5, 5.41) is 5.08. The third-order valence-electron chi connectivity index (χ3n) is 5.11. The molecular weight excluding hydrogens is 597 g/mol. The van der Waals surface area contributed by atoms with Crippen LogP contribution in [0.3, 0.4) is 0 Å². The van der Waals surface area contributed by atoms with Gasteiger partial charge in [0.2, 0.25) is 0 Å². The van der Waals surface area contributed by atoms with Crippen molar-refractivity contribution in [1.29, 1.82) is 0 Å². The topological polar surface area (TPSA) is 65.7 Å². The Bertz CT molecular complexity index is 1250. The highest BCUT2D eigenvalue weighted by molar-refractivity contribution is 14.1. The molecule has 8 heteroatoms. The van der Waals surface area contributed by atoms with Crippen molar-refractivity contribution in [3.8, 4) is 11.5 Å². The van der Waals surface area contributed by atoms with Crippen LogP contribution in [0.1, 0.15) is 58.3 Å². The van der Waals surface area contributed by atoms with Gasteiger partial charge in [-0.1, -0.05) is 50.5 Å². The lowest BCUT2D eigenvalue weighted by atomic mass is 9.99. The number of fused-ring (bicyclic) bond motifs is 1. The van der Waals surface area contributed by atoms with Gasteiger partial charge < -0.3 is 9.47 Å². The molecule has 0 unspecified atom stereocenters. The number of aromatic nitrogens is 2. The first kappa shape index (κ1) is 25.7. The predicted octanol–water partition coefficient (Wildman–Crippen LogP) is 6.59. The molecule has 0 N–H and O–H groups in total. The highest BCUT2D eigenvalue weighted by Gasteiger charge is 2.18. The van der Waals surface area contributed by atoms with Gasteiger partial charge in [-0.2, -0.15) is 9.78 Å². The average molecular weight is 626 g/mol. The highest BCUT2D eigenvalue weighted by Crippen LogP contribution is 2.34. The monoisotopic (exact) mass is 625 g/mol. The second kappa shape index (κ2) is 10.5. The van der Waals surface area contributed by atoms with E-state index in [0.29, 0.717) is 34.8 Å². The zero-order valence-corrected chi connectivity index (χ0v) is 23.5. The van der Waals surface area contributed by atoms with Crippen LogP contribution in [-0.4, -0.2) is 29.6 Å². The lowest BCUT2D eigenvalue weighted by Gasteiger charge is -2.21. The molecule has 176 valence electrons. The third kappa shape index (κ3) is 6.15. The predicted molar refractivity (Wildman–Crippen MR) is 146 cm³/mol. The number of nitrogens with zero attached hydrogens (tertiary/aromatic N) is 3. The van der Waals surface area contributed by atoms with Crippen molar-refractivity contribution < 1.29 is 9.47 Å². The van der Waals surface area contributed by atoms with Gasteiger partial charge in [0.15, 0.2) is 11.5 Å². The molecule has 1 aromatic heterocycles. The second-order valence-electron chi connectivity index (χ2n) is 9.19. The molecule has 0 spiro atoms. The molecule has 0 fully saturated rings. The molecule has 0 bridgehead atoms. The minimum Gasteiger partial charge on any atom is -0.493 e. The summed E-state index contributed by atoms with van der Waals surface area (Å²) in [6.45, 7) is 11.0. The van der Waals surface area contributed by atoms with E-state index in [9.17, 15) is 4.79 Å². The molecule has 3 aromatic rings. The molecule has 0 radical (unpaired) electrons. The van der Waals surface area contributed by atoms with E-state index in [0.717, 1.165) is 20.0 Å². The van der Waals surface area contributed by atoms with Gasteiger partial charge in [-0.05, 0) is 70.3 Å². The summed E-state index contributed by atoms with van der Waals surface area (Å²) in [6.07, 6.45) is 2.51. The first-order valence-corrected chi connectivity index (χ1v) is 12.7. The van der Waals surface area contributed by atoms with Gasteiger partial charge >= 0.3 is 0 Å². The Labute approximate surface area is 216 Å². The summed E-state index contributed by atoms with van der Waals surface area (Å²) in [4.78, 5) is 18.1. The molecular formula is C25H29BrIN3O3. The van der Waals surface area contributed by atoms with Gasteiger partial charge in [-0.15, -0.1) is 0 Å². The largest absolute Gasteiger partial charge is 0.493 e. The maximum Gasteiger partial charge on any atom is 0.282 e. The standard InChI is InChI=1S/C25H29BrIN3O3/c1-7-15(2)23-29-20-9-8-17(26)12-18(20)24(31)30(23)28-13-16-10-19(27)22(21(11-16)32-6)33-14-25(3,4)5/h8-13,15H,7,14H2,1-6H3/t15-/m0/s1. The van der Waals surface area contributed by atoms with Crippen molar-refractivity contribution >= 4 is 55.6 Å². The third-order valence-corrected chi connectivity index (χ3v) is 6.40. The summed E-state index contributed by atoms with van der Waals surface area (Å²) in [5.41, 5.74) is 1.30. The van der Waals surface area contributed by atoms with Crippen molar-refractivity contribution in [1.82, 2.24) is 9.66 Å². The Morgan fingerprint density at radius 2 is 2.00 bits per heavy atom. The fourth-order valence-corrected chi connectivity index (χ4v) is 4.29. The van der Waals surface area contributed by atoms with Crippen molar-refractivity contribution in [2.45, 2.75) is 47.0 Å². The molecule has 3 rings (SSSR count). The van der Waals surface area contributed by atoms with Crippen LogP contribution in [0, 0.1) is 8.99 Å². The molecule has 0 saturated heterocycles. The number of rotatable bonds is 7. The molecule has 0 amide bonds. The van der Waals surface area contributed by atoms with Gasteiger partial charge in [0.1, 0.15) is 5.82 Å². The van der Waals surface area contributed by atoms with Crippen LogP contribution < -0.4 is 15.0 Å². The Morgan fingerprint density at radius 1 is 1.27 bits per heavy atom. The van der Waals surface area contributed by atoms with E-state index < -0.39 is 0 Å². The fraction of sp³-hybridized carbons (Fsp3) is 0.400. The Hall–Kier alpha value is -1.94. The lowest BCUT2D eigenvalue weighted by molar-refractivity contribution is 0.190.